The molecule has 12 heteroatoms. The molecule has 1 aromatic carbocycles. The molecule has 3 N–H and O–H groups in total. The Hall–Kier alpha value is -3.28. The zero-order valence-corrected chi connectivity index (χ0v) is 11.7. The van der Waals surface area contributed by atoms with Gasteiger partial charge in [-0.2, -0.15) is 0 Å². The van der Waals surface area contributed by atoms with Crippen LogP contribution >= 0.6 is 0 Å². The molecule has 0 aliphatic rings. The molecule has 1 rings (SSSR count). The van der Waals surface area contributed by atoms with Gasteiger partial charge < -0.3 is 9.84 Å². The first-order chi connectivity index (χ1) is 10.7. The second-order valence-electron chi connectivity index (χ2n) is 4.28. The molecule has 0 heterocycles. The molecule has 0 bridgehead atoms. The van der Waals surface area contributed by atoms with E-state index in [0.29, 0.717) is 0 Å². The van der Waals surface area contributed by atoms with Crippen molar-refractivity contribution in [3.63, 3.8) is 0 Å². The van der Waals surface area contributed by atoms with Gasteiger partial charge in [-0.3, -0.25) is 30.4 Å². The number of nitro groups is 2. The molecule has 1 aromatic rings. The largest absolute Gasteiger partial charge is 0.464 e. The average molecular weight is 328 g/mol. The molecule has 1 atom stereocenters. The number of benzene rings is 1. The molecule has 0 unspecified atom stereocenters. The maximum Gasteiger partial charge on any atom is 0.419 e. The van der Waals surface area contributed by atoms with Crippen LogP contribution in [-0.4, -0.2) is 33.1 Å². The van der Waals surface area contributed by atoms with Crippen LogP contribution in [0.4, 0.5) is 16.2 Å². The van der Waals surface area contributed by atoms with Crippen LogP contribution in [0.25, 0.3) is 0 Å². The van der Waals surface area contributed by atoms with Crippen molar-refractivity contribution in [3.05, 3.63) is 44.0 Å². The Morgan fingerprint density at radius 2 is 1.74 bits per heavy atom. The Balaban J connectivity index is 2.76. The van der Waals surface area contributed by atoms with Crippen molar-refractivity contribution in [2.45, 2.75) is 19.6 Å². The van der Waals surface area contributed by atoms with Crippen molar-refractivity contribution in [2.75, 3.05) is 0 Å². The third-order valence-electron chi connectivity index (χ3n) is 2.51. The fraction of sp³-hybridized carbons (Fsp3) is 0.273. The number of amides is 1. The summed E-state index contributed by atoms with van der Waals surface area (Å²) in [5, 5.41) is 29.8. The van der Waals surface area contributed by atoms with Gasteiger partial charge in [0.25, 0.3) is 11.4 Å². The fourth-order valence-corrected chi connectivity index (χ4v) is 1.46. The van der Waals surface area contributed by atoms with Crippen molar-refractivity contribution in [2.24, 2.45) is 0 Å². The molecule has 12 nitrogen and oxygen atoms in total. The van der Waals surface area contributed by atoms with Gasteiger partial charge in [0.05, 0.1) is 15.9 Å². The predicted octanol–water partition coefficient (Wildman–Crippen LogP) is 0.707. The zero-order valence-electron chi connectivity index (χ0n) is 11.7. The fourth-order valence-electron chi connectivity index (χ4n) is 1.46. The lowest BCUT2D eigenvalue weighted by molar-refractivity contribution is -0.394. The molecule has 0 saturated carbocycles. The van der Waals surface area contributed by atoms with Gasteiger partial charge in [0, 0.05) is 17.7 Å². The Bertz CT molecular complexity index is 615. The third kappa shape index (κ3) is 5.55. The summed E-state index contributed by atoms with van der Waals surface area (Å²) in [6.07, 6.45) is -1.40. The number of rotatable bonds is 7. The molecule has 0 fully saturated rings. The summed E-state index contributed by atoms with van der Waals surface area (Å²) in [6.45, 7) is 0.870. The van der Waals surface area contributed by atoms with E-state index in [9.17, 15) is 29.8 Å². The molecule has 1 amide bonds. The number of hydrogen-bond donors (Lipinski definition) is 3. The summed E-state index contributed by atoms with van der Waals surface area (Å²) in [7, 11) is 0. The van der Waals surface area contributed by atoms with Crippen LogP contribution in [0.15, 0.2) is 18.2 Å². The maximum absolute atomic E-state index is 11.6. The first kappa shape index (κ1) is 17.8. The van der Waals surface area contributed by atoms with Gasteiger partial charge in [0.2, 0.25) is 0 Å². The van der Waals surface area contributed by atoms with E-state index in [1.165, 1.54) is 6.92 Å². The van der Waals surface area contributed by atoms with Crippen LogP contribution in [0.5, 0.6) is 0 Å². The van der Waals surface area contributed by atoms with Crippen LogP contribution in [0.1, 0.15) is 12.5 Å². The van der Waals surface area contributed by atoms with E-state index in [-0.39, 0.29) is 5.56 Å². The summed E-state index contributed by atoms with van der Waals surface area (Å²) in [5.74, 6) is -0.854. The van der Waals surface area contributed by atoms with Crippen molar-refractivity contribution < 1.29 is 29.3 Å². The van der Waals surface area contributed by atoms with Gasteiger partial charge in [-0.25, -0.2) is 10.2 Å². The normalized spacial score (nSPS) is 11.3. The minimum Gasteiger partial charge on any atom is -0.464 e. The highest BCUT2D eigenvalue weighted by Gasteiger charge is 2.19. The van der Waals surface area contributed by atoms with E-state index in [1.807, 2.05) is 0 Å². The lowest BCUT2D eigenvalue weighted by atomic mass is 10.2. The topological polar surface area (TPSA) is 174 Å². The van der Waals surface area contributed by atoms with Crippen molar-refractivity contribution in [1.29, 1.82) is 0 Å². The molecular formula is C11H12N4O8. The number of esters is 1. The molecule has 0 spiro atoms. The molecule has 0 aromatic heterocycles. The molecule has 0 aliphatic carbocycles. The van der Waals surface area contributed by atoms with Gasteiger partial charge in [0.15, 0.2) is 0 Å². The first-order valence-electron chi connectivity index (χ1n) is 6.04. The van der Waals surface area contributed by atoms with Crippen LogP contribution in [0.3, 0.4) is 0 Å². The summed E-state index contributed by atoms with van der Waals surface area (Å²) < 4.78 is 4.81. The van der Waals surface area contributed by atoms with Gasteiger partial charge >= 0.3 is 12.1 Å². The van der Waals surface area contributed by atoms with E-state index in [0.717, 1.165) is 18.2 Å². The number of hydrazine groups is 1. The third-order valence-corrected chi connectivity index (χ3v) is 2.51. The van der Waals surface area contributed by atoms with Gasteiger partial charge in [-0.15, -0.1) is 0 Å². The highest BCUT2D eigenvalue weighted by Crippen LogP contribution is 2.23. The number of nitrogens with zero attached hydrogens (tertiary/aromatic N) is 2. The number of nitrogens with one attached hydrogen (secondary N) is 2. The molecule has 23 heavy (non-hydrogen) atoms. The van der Waals surface area contributed by atoms with Gasteiger partial charge in [0.1, 0.15) is 12.6 Å². The Morgan fingerprint density at radius 3 is 2.17 bits per heavy atom. The summed E-state index contributed by atoms with van der Waals surface area (Å²) in [5.41, 5.74) is 2.93. The number of hydrogen-bond acceptors (Lipinski definition) is 8. The minimum absolute atomic E-state index is 0.0534. The molecule has 0 radical (unpaired) electrons. The van der Waals surface area contributed by atoms with E-state index < -0.39 is 45.9 Å². The van der Waals surface area contributed by atoms with E-state index in [2.05, 4.69) is 5.43 Å². The smallest absolute Gasteiger partial charge is 0.419 e. The summed E-state index contributed by atoms with van der Waals surface area (Å²) in [4.78, 5) is 41.7. The number of nitro benzene ring substituents is 2. The number of non-ortho nitro benzene ring substituents is 2. The number of carboxylic acid groups (broad SMARTS) is 1. The van der Waals surface area contributed by atoms with Gasteiger partial charge in [-0.05, 0) is 6.92 Å². The number of carbonyl (C=O) groups excluding carboxylic acids is 1. The molecule has 0 aliphatic heterocycles. The van der Waals surface area contributed by atoms with E-state index in [4.69, 9.17) is 9.84 Å². The number of carbonyl (C=O) groups is 2. The second-order valence-corrected chi connectivity index (χ2v) is 4.28. The van der Waals surface area contributed by atoms with E-state index in [1.54, 1.807) is 5.43 Å². The lowest BCUT2D eigenvalue weighted by Crippen LogP contribution is -2.46. The standard InChI is InChI=1S/C11H12N4O8/c1-6(12-13-11(17)18)10(16)23-5-7-2-8(14(19)20)4-9(3-7)15(21)22/h2-4,6,12-13H,5H2,1H3,(H,17,18)/t6-/m0/s1. The second kappa shape index (κ2) is 7.65. The van der Waals surface area contributed by atoms with Crippen LogP contribution in [0, 0.1) is 20.2 Å². The van der Waals surface area contributed by atoms with Gasteiger partial charge in [-0.1, -0.05) is 0 Å². The highest BCUT2D eigenvalue weighted by molar-refractivity contribution is 5.75. The van der Waals surface area contributed by atoms with E-state index >= 15 is 0 Å². The lowest BCUT2D eigenvalue weighted by Gasteiger charge is -2.12. The Morgan fingerprint density at radius 1 is 1.22 bits per heavy atom. The first-order valence-corrected chi connectivity index (χ1v) is 6.04. The monoisotopic (exact) mass is 328 g/mol. The molecular weight excluding hydrogens is 316 g/mol. The van der Waals surface area contributed by atoms with Crippen molar-refractivity contribution >= 4 is 23.4 Å². The Labute approximate surface area is 128 Å². The summed E-state index contributed by atoms with van der Waals surface area (Å²) >= 11 is 0. The maximum atomic E-state index is 11.6. The minimum atomic E-state index is -1.40. The number of ether oxygens (including phenoxy) is 1. The van der Waals surface area contributed by atoms with Crippen molar-refractivity contribution in [3.8, 4) is 0 Å². The van der Waals surface area contributed by atoms with Crippen molar-refractivity contribution in [1.82, 2.24) is 10.9 Å². The highest BCUT2D eigenvalue weighted by atomic mass is 16.6. The molecule has 0 saturated heterocycles. The summed E-state index contributed by atoms with van der Waals surface area (Å²) in [6, 6.07) is 1.83. The van der Waals surface area contributed by atoms with Crippen LogP contribution in [0.2, 0.25) is 0 Å². The SMILES string of the molecule is C[C@H](NNC(=O)O)C(=O)OCc1cc([N+](=O)[O-])cc([N+](=O)[O-])c1. The Kier molecular flexibility index (Phi) is 5.91. The average Bonchev–Trinajstić information content (AvgIpc) is 2.49. The van der Waals surface area contributed by atoms with Crippen LogP contribution < -0.4 is 10.9 Å². The zero-order chi connectivity index (χ0) is 17.6. The predicted molar refractivity (Wildman–Crippen MR) is 73.3 cm³/mol. The van der Waals surface area contributed by atoms with Crippen LogP contribution in [-0.2, 0) is 16.1 Å². The molecule has 124 valence electrons. The quantitative estimate of drug-likeness (QED) is 0.369.